The number of rotatable bonds is 1. The Hall–Kier alpha value is -1.72. The maximum absolute atomic E-state index is 10.0. The lowest BCUT2D eigenvalue weighted by molar-refractivity contribution is -0.691. The van der Waals surface area contributed by atoms with Gasteiger partial charge in [-0.1, -0.05) is 6.92 Å². The quantitative estimate of drug-likeness (QED) is 0.305. The Morgan fingerprint density at radius 1 is 1.83 bits per heavy atom. The van der Waals surface area contributed by atoms with Gasteiger partial charge in [0, 0.05) is 5.97 Å². The van der Waals surface area contributed by atoms with Crippen molar-refractivity contribution in [3.8, 4) is 0 Å². The van der Waals surface area contributed by atoms with E-state index in [0.717, 1.165) is 0 Å². The van der Waals surface area contributed by atoms with Gasteiger partial charge in [-0.05, 0) is 16.2 Å². The fourth-order valence-electron chi connectivity index (χ4n) is 0.283. The molecule has 1 heterocycles. The Kier molecular flexibility index (Phi) is 4.28. The number of hydrogen-bond acceptors (Lipinski definition) is 4. The first-order valence-electron chi connectivity index (χ1n) is 3.17. The van der Waals surface area contributed by atoms with E-state index in [4.69, 9.17) is 5.21 Å². The van der Waals surface area contributed by atoms with Crippen LogP contribution in [0.5, 0.6) is 0 Å². The topological polar surface area (TPSA) is 92.8 Å². The predicted octanol–water partition coefficient (Wildman–Crippen LogP) is -1.19. The summed E-state index contributed by atoms with van der Waals surface area (Å²) in [6.45, 7) is 1.54. The van der Waals surface area contributed by atoms with Crippen molar-refractivity contribution in [1.29, 1.82) is 0 Å². The zero-order chi connectivity index (χ0) is 9.56. The summed E-state index contributed by atoms with van der Waals surface area (Å²) in [6, 6.07) is -0.639. The highest BCUT2D eigenvalue weighted by Crippen LogP contribution is 1.80. The third kappa shape index (κ3) is 4.15. The van der Waals surface area contributed by atoms with E-state index in [1.165, 1.54) is 19.4 Å². The summed E-state index contributed by atoms with van der Waals surface area (Å²) >= 11 is 0. The SMILES string of the molecule is CCC(=O)[O-].O=C1N=CC=[N+]1O. The van der Waals surface area contributed by atoms with Crippen LogP contribution in [0.25, 0.3) is 0 Å². The van der Waals surface area contributed by atoms with Gasteiger partial charge in [-0.15, -0.1) is 0 Å². The van der Waals surface area contributed by atoms with Crippen LogP contribution >= 0.6 is 0 Å². The zero-order valence-electron chi connectivity index (χ0n) is 6.43. The number of amides is 2. The molecule has 2 amide bonds. The van der Waals surface area contributed by atoms with Crippen molar-refractivity contribution in [2.75, 3.05) is 0 Å². The number of hydrogen-bond donors (Lipinski definition) is 1. The summed E-state index contributed by atoms with van der Waals surface area (Å²) in [5, 5.41) is 17.6. The van der Waals surface area contributed by atoms with Gasteiger partial charge < -0.3 is 15.1 Å². The second-order valence-electron chi connectivity index (χ2n) is 1.78. The van der Waals surface area contributed by atoms with Crippen molar-refractivity contribution in [3.05, 3.63) is 0 Å². The summed E-state index contributed by atoms with van der Waals surface area (Å²) < 4.78 is 0.417. The van der Waals surface area contributed by atoms with Gasteiger partial charge in [0.25, 0.3) is 0 Å². The summed E-state index contributed by atoms with van der Waals surface area (Å²) in [5.74, 6) is -0.995. The number of hydroxylamine groups is 1. The molecule has 0 spiro atoms. The number of carboxylic acids is 1. The van der Waals surface area contributed by atoms with Gasteiger partial charge in [-0.2, -0.15) is 4.79 Å². The predicted molar refractivity (Wildman–Crippen MR) is 37.3 cm³/mol. The van der Waals surface area contributed by atoms with E-state index < -0.39 is 12.0 Å². The fraction of sp³-hybridized carbons (Fsp3) is 0.333. The Labute approximate surface area is 68.4 Å². The van der Waals surface area contributed by atoms with Crippen LogP contribution in [0.15, 0.2) is 4.99 Å². The number of nitrogens with zero attached hydrogens (tertiary/aromatic N) is 2. The first kappa shape index (κ1) is 10.3. The van der Waals surface area contributed by atoms with Crippen molar-refractivity contribution in [2.24, 2.45) is 4.99 Å². The number of urea groups is 1. The molecule has 1 aliphatic heterocycles. The highest BCUT2D eigenvalue weighted by molar-refractivity contribution is 6.19. The molecule has 1 aliphatic rings. The van der Waals surface area contributed by atoms with Crippen molar-refractivity contribution in [2.45, 2.75) is 13.3 Å². The molecule has 0 fully saturated rings. The fourth-order valence-corrected chi connectivity index (χ4v) is 0.283. The van der Waals surface area contributed by atoms with E-state index in [1.807, 2.05) is 0 Å². The summed E-state index contributed by atoms with van der Waals surface area (Å²) in [6.07, 6.45) is 2.50. The van der Waals surface area contributed by atoms with Crippen molar-refractivity contribution in [3.63, 3.8) is 0 Å². The lowest BCUT2D eigenvalue weighted by atomic mass is 10.5. The van der Waals surface area contributed by atoms with E-state index in [0.29, 0.717) is 4.74 Å². The molecule has 0 unspecified atom stereocenters. The summed E-state index contributed by atoms with van der Waals surface area (Å²) in [7, 11) is 0. The molecule has 0 radical (unpaired) electrons. The molecule has 12 heavy (non-hydrogen) atoms. The molecule has 6 nitrogen and oxygen atoms in total. The van der Waals surface area contributed by atoms with Gasteiger partial charge in [0.2, 0.25) is 0 Å². The summed E-state index contributed by atoms with van der Waals surface area (Å²) in [5.41, 5.74) is 0. The van der Waals surface area contributed by atoms with E-state index in [2.05, 4.69) is 4.99 Å². The maximum atomic E-state index is 10.0. The number of aliphatic imine (C=N–C) groups is 1. The molecule has 0 bridgehead atoms. The molecule has 0 aromatic heterocycles. The Balaban J connectivity index is 0.000000217. The standard InChI is InChI=1S/C3H3N2O2.C3H6O2/c6-3-4-1-2-5(3)7;1-2-3(4)5/h1-2H,(H,4,6,7);2H2,1H3,(H,4,5)/q+1;/p-1. The number of carbonyl (C=O) groups excluding carboxylic acids is 2. The second-order valence-corrected chi connectivity index (χ2v) is 1.78. The molecule has 0 aromatic carbocycles. The second kappa shape index (κ2) is 5.00. The molecule has 0 atom stereocenters. The van der Waals surface area contributed by atoms with E-state index >= 15 is 0 Å². The highest BCUT2D eigenvalue weighted by Gasteiger charge is 2.17. The molecule has 1 rings (SSSR count). The first-order chi connectivity index (χ1) is 5.57. The van der Waals surface area contributed by atoms with E-state index in [9.17, 15) is 14.7 Å². The Morgan fingerprint density at radius 2 is 2.33 bits per heavy atom. The molecule has 0 saturated carbocycles. The van der Waals surface area contributed by atoms with Gasteiger partial charge in [0.1, 0.15) is 0 Å². The van der Waals surface area contributed by atoms with Gasteiger partial charge in [0.15, 0.2) is 12.4 Å². The summed E-state index contributed by atoms with van der Waals surface area (Å²) in [4.78, 5) is 22.5. The van der Waals surface area contributed by atoms with Gasteiger partial charge in [-0.25, -0.2) is 0 Å². The molecule has 0 aromatic rings. The average molecular weight is 172 g/mol. The van der Waals surface area contributed by atoms with Crippen LogP contribution in [0.4, 0.5) is 4.79 Å². The molecular weight excluding hydrogens is 164 g/mol. The number of carbonyl (C=O) groups is 2. The number of carboxylic acid groups (broad SMARTS) is 1. The largest absolute Gasteiger partial charge is 0.579 e. The van der Waals surface area contributed by atoms with Crippen LogP contribution in [-0.2, 0) is 4.79 Å². The van der Waals surface area contributed by atoms with Crippen LogP contribution < -0.4 is 5.11 Å². The molecule has 0 saturated heterocycles. The minimum Gasteiger partial charge on any atom is -0.550 e. The smallest absolute Gasteiger partial charge is 0.550 e. The van der Waals surface area contributed by atoms with Crippen LogP contribution in [0.3, 0.4) is 0 Å². The molecule has 66 valence electrons. The van der Waals surface area contributed by atoms with Crippen LogP contribution in [-0.4, -0.2) is 34.4 Å². The Morgan fingerprint density at radius 3 is 2.42 bits per heavy atom. The first-order valence-corrected chi connectivity index (χ1v) is 3.17. The number of aliphatic carboxylic acids is 1. The van der Waals surface area contributed by atoms with Crippen molar-refractivity contribution < 1.29 is 24.6 Å². The van der Waals surface area contributed by atoms with Crippen LogP contribution in [0, 0.1) is 0 Å². The van der Waals surface area contributed by atoms with Gasteiger partial charge >= 0.3 is 6.03 Å². The average Bonchev–Trinajstić information content (AvgIpc) is 2.37. The third-order valence-electron chi connectivity index (χ3n) is 0.878. The lowest BCUT2D eigenvalue weighted by Gasteiger charge is -1.87. The lowest BCUT2D eigenvalue weighted by Crippen LogP contribution is -2.19. The van der Waals surface area contributed by atoms with E-state index in [-0.39, 0.29) is 6.42 Å². The van der Waals surface area contributed by atoms with Crippen LogP contribution in [0.2, 0.25) is 0 Å². The maximum Gasteiger partial charge on any atom is 0.579 e. The minimum atomic E-state index is -0.995. The molecule has 6 heteroatoms. The molecular formula is C6H8N2O4. The van der Waals surface area contributed by atoms with Crippen molar-refractivity contribution >= 4 is 24.4 Å². The third-order valence-corrected chi connectivity index (χ3v) is 0.878. The van der Waals surface area contributed by atoms with E-state index in [1.54, 1.807) is 0 Å². The van der Waals surface area contributed by atoms with Gasteiger partial charge in [0.05, 0.1) is 0 Å². The van der Waals surface area contributed by atoms with Crippen LogP contribution in [0.1, 0.15) is 13.3 Å². The zero-order valence-corrected chi connectivity index (χ0v) is 6.43. The van der Waals surface area contributed by atoms with Crippen molar-refractivity contribution in [1.82, 2.24) is 0 Å². The Bertz CT molecular complexity index is 244. The monoisotopic (exact) mass is 172 g/mol. The highest BCUT2D eigenvalue weighted by atomic mass is 16.5. The minimum absolute atomic E-state index is 0.111. The van der Waals surface area contributed by atoms with Gasteiger partial charge in [-0.3, -0.25) is 0 Å². The molecule has 1 N–H and O–H groups in total. The molecule has 0 aliphatic carbocycles. The normalized spacial score (nSPS) is 13.4.